The van der Waals surface area contributed by atoms with Crippen LogP contribution >= 0.6 is 15.9 Å². The van der Waals surface area contributed by atoms with Gasteiger partial charge in [-0.15, -0.1) is 0 Å². The number of rotatable bonds is 1. The molecule has 0 radical (unpaired) electrons. The van der Waals surface area contributed by atoms with E-state index in [0.29, 0.717) is 10.3 Å². The largest absolute Gasteiger partial charge is 0.330 e. The zero-order valence-corrected chi connectivity index (χ0v) is 9.85. The Kier molecular flexibility index (Phi) is 3.05. The van der Waals surface area contributed by atoms with E-state index < -0.39 is 0 Å². The fourth-order valence-corrected chi connectivity index (χ4v) is 2.02. The summed E-state index contributed by atoms with van der Waals surface area (Å²) in [5.74, 6) is 0.314. The van der Waals surface area contributed by atoms with Crippen molar-refractivity contribution >= 4 is 27.5 Å². The lowest BCUT2D eigenvalue weighted by Crippen LogP contribution is -2.34. The minimum atomic E-state index is -0.272. The summed E-state index contributed by atoms with van der Waals surface area (Å²) >= 11 is 3.12. The lowest BCUT2D eigenvalue weighted by Gasteiger charge is -2.29. The van der Waals surface area contributed by atoms with Crippen LogP contribution in [0.15, 0.2) is 22.7 Å². The Morgan fingerprint density at radius 2 is 2.13 bits per heavy atom. The van der Waals surface area contributed by atoms with Gasteiger partial charge in [-0.2, -0.15) is 0 Å². The highest BCUT2D eigenvalue weighted by molar-refractivity contribution is 9.10. The molecule has 0 aliphatic carbocycles. The molecule has 4 heteroatoms. The molecule has 0 amide bonds. The van der Waals surface area contributed by atoms with Crippen molar-refractivity contribution in [2.75, 3.05) is 11.4 Å². The molecule has 0 saturated carbocycles. The molecule has 15 heavy (non-hydrogen) atoms. The molecular weight excluding hydrogens is 259 g/mol. The van der Waals surface area contributed by atoms with Gasteiger partial charge in [0.05, 0.1) is 4.47 Å². The third-order valence-corrected chi connectivity index (χ3v) is 3.23. The number of hydrogen-bond acceptors (Lipinski definition) is 1. The third kappa shape index (κ3) is 2.20. The van der Waals surface area contributed by atoms with E-state index in [1.54, 1.807) is 6.07 Å². The van der Waals surface area contributed by atoms with Crippen molar-refractivity contribution in [2.24, 2.45) is 0 Å². The van der Waals surface area contributed by atoms with Crippen molar-refractivity contribution in [1.29, 1.82) is 5.41 Å². The molecule has 1 aromatic rings. The quantitative estimate of drug-likeness (QED) is 0.830. The number of nitrogens with one attached hydrogen (secondary N) is 1. The number of hydrogen-bond donors (Lipinski definition) is 1. The maximum Gasteiger partial charge on any atom is 0.139 e. The van der Waals surface area contributed by atoms with Gasteiger partial charge in [0.25, 0.3) is 0 Å². The molecular formula is C11H12BrFN2. The Hall–Kier alpha value is -0.900. The first-order valence-electron chi connectivity index (χ1n) is 4.98. The predicted octanol–water partition coefficient (Wildman–Crippen LogP) is 3.56. The molecule has 0 aromatic heterocycles. The van der Waals surface area contributed by atoms with E-state index >= 15 is 0 Å². The summed E-state index contributed by atoms with van der Waals surface area (Å²) in [7, 11) is 0. The lowest BCUT2D eigenvalue weighted by molar-refractivity contribution is 0.620. The molecule has 0 atom stereocenters. The number of anilines is 1. The zero-order chi connectivity index (χ0) is 10.8. The van der Waals surface area contributed by atoms with Crippen molar-refractivity contribution in [2.45, 2.75) is 19.3 Å². The van der Waals surface area contributed by atoms with Crippen LogP contribution in [0.4, 0.5) is 10.1 Å². The van der Waals surface area contributed by atoms with Crippen molar-refractivity contribution < 1.29 is 4.39 Å². The van der Waals surface area contributed by atoms with Gasteiger partial charge in [-0.05, 0) is 47.0 Å². The molecule has 1 aliphatic heterocycles. The maximum absolute atomic E-state index is 13.3. The van der Waals surface area contributed by atoms with E-state index in [1.165, 1.54) is 6.07 Å². The molecule has 80 valence electrons. The smallest absolute Gasteiger partial charge is 0.139 e. The van der Waals surface area contributed by atoms with Crippen LogP contribution in [-0.4, -0.2) is 12.4 Å². The highest BCUT2D eigenvalue weighted by Crippen LogP contribution is 2.25. The number of halogens is 2. The first-order chi connectivity index (χ1) is 7.18. The van der Waals surface area contributed by atoms with E-state index in [4.69, 9.17) is 5.41 Å². The van der Waals surface area contributed by atoms with Gasteiger partial charge < -0.3 is 4.90 Å². The van der Waals surface area contributed by atoms with Gasteiger partial charge in [-0.25, -0.2) is 4.39 Å². The van der Waals surface area contributed by atoms with E-state index in [2.05, 4.69) is 15.9 Å². The van der Waals surface area contributed by atoms with Gasteiger partial charge in [0, 0.05) is 18.7 Å². The molecule has 0 bridgehead atoms. The fourth-order valence-electron chi connectivity index (χ4n) is 1.77. The van der Waals surface area contributed by atoms with Crippen molar-refractivity contribution in [1.82, 2.24) is 0 Å². The minimum Gasteiger partial charge on any atom is -0.330 e. The second-order valence-corrected chi connectivity index (χ2v) is 4.51. The van der Waals surface area contributed by atoms with Crippen molar-refractivity contribution in [3.63, 3.8) is 0 Å². The molecule has 1 aliphatic rings. The second-order valence-electron chi connectivity index (χ2n) is 3.65. The van der Waals surface area contributed by atoms with E-state index in [9.17, 15) is 4.39 Å². The van der Waals surface area contributed by atoms with Gasteiger partial charge in [-0.3, -0.25) is 5.41 Å². The van der Waals surface area contributed by atoms with Crippen LogP contribution in [-0.2, 0) is 0 Å². The average Bonchev–Trinajstić information content (AvgIpc) is 2.23. The summed E-state index contributed by atoms with van der Waals surface area (Å²) in [5, 5.41) is 7.80. The highest BCUT2D eigenvalue weighted by atomic mass is 79.9. The van der Waals surface area contributed by atoms with E-state index in [0.717, 1.165) is 31.5 Å². The number of piperidine rings is 1. The topological polar surface area (TPSA) is 27.1 Å². The monoisotopic (exact) mass is 270 g/mol. The zero-order valence-electron chi connectivity index (χ0n) is 8.26. The van der Waals surface area contributed by atoms with Crippen LogP contribution in [0.25, 0.3) is 0 Å². The van der Waals surface area contributed by atoms with Gasteiger partial charge >= 0.3 is 0 Å². The fraction of sp³-hybridized carbons (Fsp3) is 0.364. The Morgan fingerprint density at radius 1 is 1.33 bits per heavy atom. The van der Waals surface area contributed by atoms with Crippen molar-refractivity contribution in [3.05, 3.63) is 28.5 Å². The van der Waals surface area contributed by atoms with Gasteiger partial charge in [0.15, 0.2) is 0 Å². The molecule has 1 aromatic carbocycles. The summed E-state index contributed by atoms with van der Waals surface area (Å²) in [5.41, 5.74) is 0.778. The lowest BCUT2D eigenvalue weighted by atomic mass is 10.1. The number of amidine groups is 1. The summed E-state index contributed by atoms with van der Waals surface area (Å²) in [6.07, 6.45) is 2.92. The normalized spacial score (nSPS) is 16.9. The third-order valence-electron chi connectivity index (χ3n) is 2.59. The molecule has 0 unspecified atom stereocenters. The first-order valence-corrected chi connectivity index (χ1v) is 5.78. The minimum absolute atomic E-state index is 0.272. The van der Waals surface area contributed by atoms with Crippen LogP contribution in [0, 0.1) is 11.2 Å². The molecule has 2 rings (SSSR count). The van der Waals surface area contributed by atoms with Crippen LogP contribution in [0.3, 0.4) is 0 Å². The van der Waals surface area contributed by atoms with Crippen LogP contribution < -0.4 is 4.90 Å². The Morgan fingerprint density at radius 3 is 2.80 bits per heavy atom. The molecule has 1 saturated heterocycles. The summed E-state index contributed by atoms with van der Waals surface area (Å²) < 4.78 is 13.8. The molecule has 1 heterocycles. The van der Waals surface area contributed by atoms with Gasteiger partial charge in [0.1, 0.15) is 11.7 Å². The number of nitrogens with zero attached hydrogens (tertiary/aromatic N) is 1. The highest BCUT2D eigenvalue weighted by Gasteiger charge is 2.17. The van der Waals surface area contributed by atoms with Crippen LogP contribution in [0.5, 0.6) is 0 Å². The van der Waals surface area contributed by atoms with Gasteiger partial charge in [0.2, 0.25) is 0 Å². The average molecular weight is 271 g/mol. The number of benzene rings is 1. The standard InChI is InChI=1S/C11H12BrFN2/c12-9-5-4-8(7-10(9)13)15-6-2-1-3-11(15)14/h4-5,7,14H,1-3,6H2. The molecule has 1 N–H and O–H groups in total. The van der Waals surface area contributed by atoms with Gasteiger partial charge in [-0.1, -0.05) is 0 Å². The van der Waals surface area contributed by atoms with Crippen molar-refractivity contribution in [3.8, 4) is 0 Å². The second kappa shape index (κ2) is 4.31. The Bertz CT molecular complexity index is 392. The SMILES string of the molecule is N=C1CCCCN1c1ccc(Br)c(F)c1. The first kappa shape index (κ1) is 10.6. The van der Waals surface area contributed by atoms with E-state index in [1.807, 2.05) is 11.0 Å². The Balaban J connectivity index is 2.28. The maximum atomic E-state index is 13.3. The predicted molar refractivity (Wildman–Crippen MR) is 63.0 cm³/mol. The molecule has 1 fully saturated rings. The van der Waals surface area contributed by atoms with Crippen LogP contribution in [0.1, 0.15) is 19.3 Å². The van der Waals surface area contributed by atoms with E-state index in [-0.39, 0.29) is 5.82 Å². The summed E-state index contributed by atoms with van der Waals surface area (Å²) in [6, 6.07) is 5.00. The summed E-state index contributed by atoms with van der Waals surface area (Å²) in [6.45, 7) is 0.819. The van der Waals surface area contributed by atoms with Crippen LogP contribution in [0.2, 0.25) is 0 Å². The molecule has 0 spiro atoms. The molecule has 2 nitrogen and oxygen atoms in total. The summed E-state index contributed by atoms with van der Waals surface area (Å²) in [4.78, 5) is 1.87. The Labute approximate surface area is 96.7 Å².